The van der Waals surface area contributed by atoms with Crippen molar-refractivity contribution in [1.82, 2.24) is 0 Å². The molecule has 0 aliphatic rings. The van der Waals surface area contributed by atoms with E-state index in [9.17, 15) is 5.11 Å². The van der Waals surface area contributed by atoms with Crippen LogP contribution in [0, 0.1) is 0 Å². The summed E-state index contributed by atoms with van der Waals surface area (Å²) in [7, 11) is 0. The second kappa shape index (κ2) is 4.63. The Labute approximate surface area is 110 Å². The fourth-order valence-corrected chi connectivity index (χ4v) is 2.54. The van der Waals surface area contributed by atoms with Gasteiger partial charge in [0.05, 0.1) is 5.60 Å². The van der Waals surface area contributed by atoms with Crippen molar-refractivity contribution in [3.63, 3.8) is 0 Å². The molecule has 0 bridgehead atoms. The Morgan fingerprint density at radius 3 is 2.18 bits per heavy atom. The summed E-state index contributed by atoms with van der Waals surface area (Å²) < 4.78 is 0.935. The predicted octanol–water partition coefficient (Wildman–Crippen LogP) is 4.34. The normalized spacial score (nSPS) is 11.5. The molecule has 2 rings (SSSR count). The molecule has 2 heteroatoms. The molecular formula is C15H15BrO. The quantitative estimate of drug-likeness (QED) is 0.872. The molecule has 0 fully saturated rings. The molecule has 0 saturated carbocycles. The monoisotopic (exact) mass is 290 g/mol. The van der Waals surface area contributed by atoms with E-state index >= 15 is 0 Å². The Hall–Kier alpha value is -1.12. The lowest BCUT2D eigenvalue weighted by atomic mass is 9.94. The van der Waals surface area contributed by atoms with Crippen molar-refractivity contribution in [3.05, 3.63) is 58.6 Å². The van der Waals surface area contributed by atoms with Crippen LogP contribution in [0.1, 0.15) is 19.4 Å². The van der Waals surface area contributed by atoms with Gasteiger partial charge in [0.2, 0.25) is 0 Å². The van der Waals surface area contributed by atoms with E-state index in [1.165, 1.54) is 0 Å². The Kier molecular flexibility index (Phi) is 3.36. The summed E-state index contributed by atoms with van der Waals surface area (Å²) in [5.41, 5.74) is 2.33. The van der Waals surface area contributed by atoms with Crippen molar-refractivity contribution in [2.24, 2.45) is 0 Å². The maximum Gasteiger partial charge on any atom is 0.0851 e. The second-order valence-electron chi connectivity index (χ2n) is 4.62. The molecule has 1 nitrogen and oxygen atoms in total. The van der Waals surface area contributed by atoms with E-state index in [1.807, 2.05) is 30.3 Å². The molecule has 2 aromatic rings. The fraction of sp³-hybridized carbons (Fsp3) is 0.200. The van der Waals surface area contributed by atoms with Gasteiger partial charge in [-0.2, -0.15) is 0 Å². The number of hydrogen-bond donors (Lipinski definition) is 1. The molecule has 0 atom stereocenters. The van der Waals surface area contributed by atoms with Gasteiger partial charge in [0.1, 0.15) is 0 Å². The van der Waals surface area contributed by atoms with Crippen molar-refractivity contribution < 1.29 is 5.11 Å². The molecule has 88 valence electrons. The van der Waals surface area contributed by atoms with E-state index in [0.29, 0.717) is 0 Å². The van der Waals surface area contributed by atoms with Crippen LogP contribution in [0.15, 0.2) is 53.0 Å². The molecule has 0 aliphatic heterocycles. The van der Waals surface area contributed by atoms with Gasteiger partial charge in [-0.05, 0) is 42.7 Å². The van der Waals surface area contributed by atoms with E-state index in [2.05, 4.69) is 34.1 Å². The number of halogens is 1. The van der Waals surface area contributed by atoms with Crippen molar-refractivity contribution in [2.75, 3.05) is 0 Å². The third-order valence-electron chi connectivity index (χ3n) is 2.73. The third-order valence-corrected chi connectivity index (χ3v) is 3.42. The number of hydrogen-bond acceptors (Lipinski definition) is 1. The Morgan fingerprint density at radius 2 is 1.59 bits per heavy atom. The molecule has 0 heterocycles. The van der Waals surface area contributed by atoms with Gasteiger partial charge in [-0.1, -0.05) is 52.3 Å². The average molecular weight is 291 g/mol. The topological polar surface area (TPSA) is 20.2 Å². The highest BCUT2D eigenvalue weighted by molar-refractivity contribution is 9.10. The van der Waals surface area contributed by atoms with Crippen LogP contribution in [-0.2, 0) is 5.60 Å². The van der Waals surface area contributed by atoms with Crippen molar-refractivity contribution >= 4 is 15.9 Å². The summed E-state index contributed by atoms with van der Waals surface area (Å²) >= 11 is 3.48. The summed E-state index contributed by atoms with van der Waals surface area (Å²) in [4.78, 5) is 0. The first-order valence-corrected chi connectivity index (χ1v) is 6.35. The maximum atomic E-state index is 10.1. The second-order valence-corrected chi connectivity index (χ2v) is 5.47. The Morgan fingerprint density at radius 1 is 0.941 bits per heavy atom. The highest BCUT2D eigenvalue weighted by atomic mass is 79.9. The van der Waals surface area contributed by atoms with Crippen molar-refractivity contribution in [1.29, 1.82) is 0 Å². The molecule has 0 amide bonds. The summed E-state index contributed by atoms with van der Waals surface area (Å²) in [6.45, 7) is 3.59. The molecule has 0 unspecified atom stereocenters. The van der Waals surface area contributed by atoms with Crippen LogP contribution in [-0.4, -0.2) is 5.11 Å². The summed E-state index contributed by atoms with van der Waals surface area (Å²) in [6, 6.07) is 16.2. The van der Waals surface area contributed by atoms with Gasteiger partial charge in [-0.15, -0.1) is 0 Å². The van der Waals surface area contributed by atoms with Gasteiger partial charge >= 0.3 is 0 Å². The first-order chi connectivity index (χ1) is 7.98. The van der Waals surface area contributed by atoms with Gasteiger partial charge in [0.25, 0.3) is 0 Å². The van der Waals surface area contributed by atoms with E-state index in [4.69, 9.17) is 0 Å². The largest absolute Gasteiger partial charge is 0.386 e. The molecule has 2 aromatic carbocycles. The Bertz CT molecular complexity index is 512. The lowest BCUT2D eigenvalue weighted by molar-refractivity contribution is 0.0779. The molecule has 17 heavy (non-hydrogen) atoms. The summed E-state index contributed by atoms with van der Waals surface area (Å²) in [6.07, 6.45) is 0. The predicted molar refractivity (Wildman–Crippen MR) is 74.8 cm³/mol. The van der Waals surface area contributed by atoms with Gasteiger partial charge in [-0.3, -0.25) is 0 Å². The number of rotatable bonds is 2. The summed E-state index contributed by atoms with van der Waals surface area (Å²) in [5, 5.41) is 10.1. The summed E-state index contributed by atoms with van der Waals surface area (Å²) in [5.74, 6) is 0. The van der Waals surface area contributed by atoms with Crippen molar-refractivity contribution in [3.8, 4) is 11.1 Å². The molecule has 1 N–H and O–H groups in total. The first kappa shape index (κ1) is 12.3. The van der Waals surface area contributed by atoms with E-state index in [-0.39, 0.29) is 0 Å². The minimum absolute atomic E-state index is 0.844. The molecule has 0 spiro atoms. The standard InChI is InChI=1S/C15H15BrO/c1-15(2,17)13-10-12(8-9-14(13)16)11-6-4-3-5-7-11/h3-10,17H,1-2H3. The zero-order valence-corrected chi connectivity index (χ0v) is 11.5. The smallest absolute Gasteiger partial charge is 0.0851 e. The van der Waals surface area contributed by atoms with E-state index in [1.54, 1.807) is 13.8 Å². The highest BCUT2D eigenvalue weighted by Crippen LogP contribution is 2.32. The van der Waals surface area contributed by atoms with Gasteiger partial charge in [-0.25, -0.2) is 0 Å². The zero-order valence-electron chi connectivity index (χ0n) is 9.94. The van der Waals surface area contributed by atoms with Crippen LogP contribution in [0.25, 0.3) is 11.1 Å². The van der Waals surface area contributed by atoms with Crippen molar-refractivity contribution in [2.45, 2.75) is 19.4 Å². The van der Waals surface area contributed by atoms with Crippen LogP contribution in [0.4, 0.5) is 0 Å². The first-order valence-electron chi connectivity index (χ1n) is 5.56. The van der Waals surface area contributed by atoms with Crippen LogP contribution < -0.4 is 0 Å². The van der Waals surface area contributed by atoms with Crippen LogP contribution >= 0.6 is 15.9 Å². The fourth-order valence-electron chi connectivity index (χ4n) is 1.80. The highest BCUT2D eigenvalue weighted by Gasteiger charge is 2.19. The Balaban J connectivity index is 2.53. The molecular weight excluding hydrogens is 276 g/mol. The van der Waals surface area contributed by atoms with E-state index < -0.39 is 5.60 Å². The maximum absolute atomic E-state index is 10.1. The number of benzene rings is 2. The van der Waals surface area contributed by atoms with Crippen LogP contribution in [0.2, 0.25) is 0 Å². The van der Waals surface area contributed by atoms with E-state index in [0.717, 1.165) is 21.2 Å². The van der Waals surface area contributed by atoms with Gasteiger partial charge in [0, 0.05) is 4.47 Å². The molecule has 0 radical (unpaired) electrons. The SMILES string of the molecule is CC(C)(O)c1cc(-c2ccccc2)ccc1Br. The van der Waals surface area contributed by atoms with Gasteiger partial charge in [0.15, 0.2) is 0 Å². The number of aliphatic hydroxyl groups is 1. The van der Waals surface area contributed by atoms with Gasteiger partial charge < -0.3 is 5.11 Å². The van der Waals surface area contributed by atoms with Crippen LogP contribution in [0.5, 0.6) is 0 Å². The minimum Gasteiger partial charge on any atom is -0.386 e. The zero-order chi connectivity index (χ0) is 12.5. The molecule has 0 aliphatic carbocycles. The molecule has 0 saturated heterocycles. The lowest BCUT2D eigenvalue weighted by Gasteiger charge is -2.20. The third kappa shape index (κ3) is 2.76. The molecule has 0 aromatic heterocycles. The average Bonchev–Trinajstić information content (AvgIpc) is 2.29. The lowest BCUT2D eigenvalue weighted by Crippen LogP contribution is -2.16. The minimum atomic E-state index is -0.844. The van der Waals surface area contributed by atoms with Crippen LogP contribution in [0.3, 0.4) is 0 Å².